The average molecular weight is 254 g/mol. The highest BCUT2D eigenvalue weighted by atomic mass is 16.5. The summed E-state index contributed by atoms with van der Waals surface area (Å²) in [6, 6.07) is 0.563. The smallest absolute Gasteiger partial charge is 0.317 e. The van der Waals surface area contributed by atoms with E-state index in [4.69, 9.17) is 4.74 Å². The van der Waals surface area contributed by atoms with Crippen molar-refractivity contribution in [3.05, 3.63) is 0 Å². The third-order valence-electron chi connectivity index (χ3n) is 4.05. The first-order valence-electron chi connectivity index (χ1n) is 7.42. The number of nitrogens with zero attached hydrogens (tertiary/aromatic N) is 1. The van der Waals surface area contributed by atoms with Crippen molar-refractivity contribution in [2.75, 3.05) is 26.3 Å². The van der Waals surface area contributed by atoms with Crippen LogP contribution in [-0.2, 0) is 4.74 Å². The van der Waals surface area contributed by atoms with Gasteiger partial charge in [0.05, 0.1) is 6.61 Å². The zero-order chi connectivity index (χ0) is 12.8. The molecule has 4 nitrogen and oxygen atoms in total. The summed E-state index contributed by atoms with van der Waals surface area (Å²) in [5, 5.41) is 3.17. The summed E-state index contributed by atoms with van der Waals surface area (Å²) in [5.41, 5.74) is 0. The molecule has 2 aliphatic rings. The SMILES string of the molecule is CCOCC1CCCN(C(=O)NC2CCCC2)C1. The maximum Gasteiger partial charge on any atom is 0.317 e. The number of likely N-dealkylation sites (tertiary alicyclic amines) is 1. The van der Waals surface area contributed by atoms with Crippen molar-refractivity contribution in [3.8, 4) is 0 Å². The number of piperidine rings is 1. The van der Waals surface area contributed by atoms with E-state index in [9.17, 15) is 4.79 Å². The summed E-state index contributed by atoms with van der Waals surface area (Å²) < 4.78 is 5.48. The second-order valence-electron chi connectivity index (χ2n) is 5.54. The fourth-order valence-electron chi connectivity index (χ4n) is 3.01. The molecule has 104 valence electrons. The van der Waals surface area contributed by atoms with E-state index in [1.54, 1.807) is 0 Å². The molecule has 0 spiro atoms. The van der Waals surface area contributed by atoms with E-state index in [1.165, 1.54) is 19.3 Å². The van der Waals surface area contributed by atoms with Crippen LogP contribution in [0, 0.1) is 5.92 Å². The third-order valence-corrected chi connectivity index (χ3v) is 4.05. The summed E-state index contributed by atoms with van der Waals surface area (Å²) in [6.07, 6.45) is 7.13. The molecule has 0 aromatic heterocycles. The van der Waals surface area contributed by atoms with E-state index >= 15 is 0 Å². The molecule has 0 aromatic rings. The maximum absolute atomic E-state index is 12.1. The second-order valence-corrected chi connectivity index (χ2v) is 5.54. The molecule has 1 heterocycles. The first-order valence-corrected chi connectivity index (χ1v) is 7.42. The molecule has 0 aromatic carbocycles. The molecule has 2 rings (SSSR count). The van der Waals surface area contributed by atoms with Crippen LogP contribution in [0.2, 0.25) is 0 Å². The minimum atomic E-state index is 0.142. The van der Waals surface area contributed by atoms with E-state index in [-0.39, 0.29) is 6.03 Å². The predicted octanol–water partition coefficient (Wildman–Crippen LogP) is 2.39. The Bertz CT molecular complexity index is 265. The Morgan fingerprint density at radius 3 is 2.78 bits per heavy atom. The number of carbonyl (C=O) groups excluding carboxylic acids is 1. The molecule has 1 saturated carbocycles. The lowest BCUT2D eigenvalue weighted by atomic mass is 9.99. The predicted molar refractivity (Wildman–Crippen MR) is 71.6 cm³/mol. The zero-order valence-electron chi connectivity index (χ0n) is 11.5. The Labute approximate surface area is 110 Å². The molecule has 0 radical (unpaired) electrons. The van der Waals surface area contributed by atoms with E-state index in [0.717, 1.165) is 45.6 Å². The molecule has 2 fully saturated rings. The van der Waals surface area contributed by atoms with Crippen LogP contribution < -0.4 is 5.32 Å². The minimum absolute atomic E-state index is 0.142. The topological polar surface area (TPSA) is 41.6 Å². The number of urea groups is 1. The lowest BCUT2D eigenvalue weighted by Crippen LogP contribution is -2.48. The van der Waals surface area contributed by atoms with Crippen molar-refractivity contribution in [3.63, 3.8) is 0 Å². The van der Waals surface area contributed by atoms with E-state index < -0.39 is 0 Å². The van der Waals surface area contributed by atoms with Gasteiger partial charge in [-0.25, -0.2) is 4.79 Å². The van der Waals surface area contributed by atoms with Crippen LogP contribution in [0.25, 0.3) is 0 Å². The Balaban J connectivity index is 1.74. The molecule has 1 atom stereocenters. The van der Waals surface area contributed by atoms with Gasteiger partial charge in [0.15, 0.2) is 0 Å². The van der Waals surface area contributed by atoms with Gasteiger partial charge in [-0.2, -0.15) is 0 Å². The largest absolute Gasteiger partial charge is 0.381 e. The highest BCUT2D eigenvalue weighted by molar-refractivity contribution is 5.74. The number of rotatable bonds is 4. The first-order chi connectivity index (χ1) is 8.79. The van der Waals surface area contributed by atoms with Crippen LogP contribution >= 0.6 is 0 Å². The van der Waals surface area contributed by atoms with E-state index in [2.05, 4.69) is 5.32 Å². The van der Waals surface area contributed by atoms with Crippen molar-refractivity contribution >= 4 is 6.03 Å². The van der Waals surface area contributed by atoms with Crippen LogP contribution in [-0.4, -0.2) is 43.3 Å². The average Bonchev–Trinajstić information content (AvgIpc) is 2.89. The van der Waals surface area contributed by atoms with Gasteiger partial charge in [-0.05, 0) is 32.6 Å². The summed E-state index contributed by atoms with van der Waals surface area (Å²) in [4.78, 5) is 14.1. The van der Waals surface area contributed by atoms with Crippen molar-refractivity contribution in [2.24, 2.45) is 5.92 Å². The van der Waals surface area contributed by atoms with Crippen LogP contribution in [0.4, 0.5) is 4.79 Å². The number of hydrogen-bond acceptors (Lipinski definition) is 2. The third kappa shape index (κ3) is 3.87. The van der Waals surface area contributed by atoms with Crippen molar-refractivity contribution in [1.29, 1.82) is 0 Å². The monoisotopic (exact) mass is 254 g/mol. The van der Waals surface area contributed by atoms with Crippen LogP contribution in [0.1, 0.15) is 45.4 Å². The van der Waals surface area contributed by atoms with Gasteiger partial charge in [0.2, 0.25) is 0 Å². The highest BCUT2D eigenvalue weighted by Crippen LogP contribution is 2.20. The Morgan fingerprint density at radius 2 is 2.06 bits per heavy atom. The van der Waals surface area contributed by atoms with Gasteiger partial charge in [0, 0.05) is 31.7 Å². The number of ether oxygens (including phenoxy) is 1. The van der Waals surface area contributed by atoms with Gasteiger partial charge in [-0.3, -0.25) is 0 Å². The molecule has 1 aliphatic heterocycles. The standard InChI is InChI=1S/C14H26N2O2/c1-2-18-11-12-6-5-9-16(10-12)14(17)15-13-7-3-4-8-13/h12-13H,2-11H2,1H3,(H,15,17). The Morgan fingerprint density at radius 1 is 1.28 bits per heavy atom. The molecule has 2 amide bonds. The maximum atomic E-state index is 12.1. The van der Waals surface area contributed by atoms with Gasteiger partial charge in [-0.15, -0.1) is 0 Å². The summed E-state index contributed by atoms with van der Waals surface area (Å²) >= 11 is 0. The molecular formula is C14H26N2O2. The summed E-state index contributed by atoms with van der Waals surface area (Å²) in [7, 11) is 0. The Hall–Kier alpha value is -0.770. The Kier molecular flexibility index (Phi) is 5.29. The fraction of sp³-hybridized carbons (Fsp3) is 0.929. The molecule has 4 heteroatoms. The lowest BCUT2D eigenvalue weighted by molar-refractivity contribution is 0.0752. The number of amides is 2. The quantitative estimate of drug-likeness (QED) is 0.837. The number of hydrogen-bond donors (Lipinski definition) is 1. The van der Waals surface area contributed by atoms with Gasteiger partial charge in [-0.1, -0.05) is 12.8 Å². The van der Waals surface area contributed by atoms with Gasteiger partial charge >= 0.3 is 6.03 Å². The second kappa shape index (κ2) is 6.98. The lowest BCUT2D eigenvalue weighted by Gasteiger charge is -2.33. The number of carbonyl (C=O) groups is 1. The molecule has 18 heavy (non-hydrogen) atoms. The van der Waals surface area contributed by atoms with Crippen molar-refractivity contribution in [2.45, 2.75) is 51.5 Å². The van der Waals surface area contributed by atoms with Crippen LogP contribution in [0.15, 0.2) is 0 Å². The number of nitrogens with one attached hydrogen (secondary N) is 1. The molecule has 1 N–H and O–H groups in total. The fourth-order valence-corrected chi connectivity index (χ4v) is 3.01. The molecular weight excluding hydrogens is 228 g/mol. The molecule has 1 aliphatic carbocycles. The summed E-state index contributed by atoms with van der Waals surface area (Å²) in [5.74, 6) is 0.521. The first kappa shape index (κ1) is 13.7. The molecule has 1 saturated heterocycles. The van der Waals surface area contributed by atoms with E-state index in [1.807, 2.05) is 11.8 Å². The molecule has 1 unspecified atom stereocenters. The summed E-state index contributed by atoms with van der Waals surface area (Å²) in [6.45, 7) is 5.35. The zero-order valence-corrected chi connectivity index (χ0v) is 11.5. The van der Waals surface area contributed by atoms with Gasteiger partial charge in [0.1, 0.15) is 0 Å². The minimum Gasteiger partial charge on any atom is -0.381 e. The van der Waals surface area contributed by atoms with Crippen molar-refractivity contribution in [1.82, 2.24) is 10.2 Å². The molecule has 0 bridgehead atoms. The van der Waals surface area contributed by atoms with Crippen LogP contribution in [0.3, 0.4) is 0 Å². The normalized spacial score (nSPS) is 25.4. The van der Waals surface area contributed by atoms with Gasteiger partial charge < -0.3 is 15.0 Å². The van der Waals surface area contributed by atoms with Crippen LogP contribution in [0.5, 0.6) is 0 Å². The van der Waals surface area contributed by atoms with E-state index in [0.29, 0.717) is 12.0 Å². The van der Waals surface area contributed by atoms with Gasteiger partial charge in [0.25, 0.3) is 0 Å². The highest BCUT2D eigenvalue weighted by Gasteiger charge is 2.26. The van der Waals surface area contributed by atoms with Crippen molar-refractivity contribution < 1.29 is 9.53 Å².